The predicted molar refractivity (Wildman–Crippen MR) is 68.1 cm³/mol. The van der Waals surface area contributed by atoms with Crippen LogP contribution in [0.25, 0.3) is 0 Å². The van der Waals surface area contributed by atoms with Crippen LogP contribution in [0, 0.1) is 5.41 Å². The summed E-state index contributed by atoms with van der Waals surface area (Å²) >= 11 is 8.26. The van der Waals surface area contributed by atoms with E-state index in [9.17, 15) is 4.79 Å². The lowest BCUT2D eigenvalue weighted by Crippen LogP contribution is -2.12. The topological polar surface area (TPSA) is 17.1 Å². The van der Waals surface area contributed by atoms with Crippen LogP contribution in [-0.2, 0) is 0 Å². The van der Waals surface area contributed by atoms with Crippen molar-refractivity contribution >= 4 is 49.0 Å². The highest BCUT2D eigenvalue weighted by molar-refractivity contribution is 9.13. The van der Waals surface area contributed by atoms with Crippen molar-refractivity contribution in [2.45, 2.75) is 27.2 Å². The molecule has 1 nitrogen and oxygen atoms in total. The highest BCUT2D eigenvalue weighted by Crippen LogP contribution is 2.35. The van der Waals surface area contributed by atoms with E-state index in [4.69, 9.17) is 0 Å². The molecular formula is C10H12Br2OS. The summed E-state index contributed by atoms with van der Waals surface area (Å²) in [6, 6.07) is 0. The third kappa shape index (κ3) is 3.17. The Balaban J connectivity index is 2.86. The molecule has 0 amide bonds. The van der Waals surface area contributed by atoms with Gasteiger partial charge in [-0.3, -0.25) is 4.79 Å². The van der Waals surface area contributed by atoms with Gasteiger partial charge in [0.15, 0.2) is 5.78 Å². The molecule has 4 heteroatoms. The van der Waals surface area contributed by atoms with Gasteiger partial charge in [-0.1, -0.05) is 20.8 Å². The van der Waals surface area contributed by atoms with E-state index in [0.29, 0.717) is 6.42 Å². The summed E-state index contributed by atoms with van der Waals surface area (Å²) in [7, 11) is 0. The standard InChI is InChI=1S/C10H12Br2OS/c1-10(2,3)4-7(13)9-8(12)6(11)5-14-9/h5H,4H2,1-3H3. The summed E-state index contributed by atoms with van der Waals surface area (Å²) in [6.07, 6.45) is 0.582. The molecule has 1 heterocycles. The predicted octanol–water partition coefficient (Wildman–Crippen LogP) is 4.89. The SMILES string of the molecule is CC(C)(C)CC(=O)c1scc(Br)c1Br. The van der Waals surface area contributed by atoms with Gasteiger partial charge in [-0.05, 0) is 37.3 Å². The van der Waals surface area contributed by atoms with E-state index in [1.54, 1.807) is 0 Å². The van der Waals surface area contributed by atoms with Gasteiger partial charge in [0.1, 0.15) is 0 Å². The zero-order valence-corrected chi connectivity index (χ0v) is 12.3. The second-order valence-electron chi connectivity index (χ2n) is 4.39. The third-order valence-corrected chi connectivity index (χ3v) is 5.20. The van der Waals surface area contributed by atoms with Crippen molar-refractivity contribution < 1.29 is 4.79 Å². The van der Waals surface area contributed by atoms with Crippen molar-refractivity contribution in [1.82, 2.24) is 0 Å². The molecule has 78 valence electrons. The molecule has 0 N–H and O–H groups in total. The number of carbonyl (C=O) groups is 1. The van der Waals surface area contributed by atoms with Crippen LogP contribution in [-0.4, -0.2) is 5.78 Å². The Morgan fingerprint density at radius 1 is 1.43 bits per heavy atom. The molecule has 0 atom stereocenters. The van der Waals surface area contributed by atoms with Crippen molar-refractivity contribution in [3.05, 3.63) is 19.2 Å². The van der Waals surface area contributed by atoms with Crippen LogP contribution in [0.3, 0.4) is 0 Å². The zero-order chi connectivity index (χ0) is 10.9. The first-order chi connectivity index (χ1) is 6.31. The maximum absolute atomic E-state index is 11.9. The fraction of sp³-hybridized carbons (Fsp3) is 0.500. The minimum Gasteiger partial charge on any atom is -0.293 e. The minimum atomic E-state index is 0.0486. The van der Waals surface area contributed by atoms with Crippen molar-refractivity contribution in [1.29, 1.82) is 0 Å². The Hall–Kier alpha value is 0.330. The van der Waals surface area contributed by atoms with Crippen LogP contribution in [0.5, 0.6) is 0 Å². The van der Waals surface area contributed by atoms with Crippen molar-refractivity contribution in [2.75, 3.05) is 0 Å². The van der Waals surface area contributed by atoms with Gasteiger partial charge >= 0.3 is 0 Å². The molecule has 0 bridgehead atoms. The molecule has 1 rings (SSSR count). The largest absolute Gasteiger partial charge is 0.293 e. The van der Waals surface area contributed by atoms with E-state index in [2.05, 4.69) is 52.6 Å². The monoisotopic (exact) mass is 338 g/mol. The number of thiophene rings is 1. The Kier molecular flexibility index (Phi) is 3.95. The van der Waals surface area contributed by atoms with E-state index in [1.807, 2.05) is 5.38 Å². The zero-order valence-electron chi connectivity index (χ0n) is 8.36. The van der Waals surface area contributed by atoms with Gasteiger partial charge in [-0.15, -0.1) is 11.3 Å². The molecule has 0 aliphatic rings. The fourth-order valence-electron chi connectivity index (χ4n) is 1.07. The molecule has 14 heavy (non-hydrogen) atoms. The van der Waals surface area contributed by atoms with Crippen LogP contribution in [0.1, 0.15) is 36.9 Å². The number of hydrogen-bond donors (Lipinski definition) is 0. The molecule has 0 unspecified atom stereocenters. The number of carbonyl (C=O) groups excluding carboxylic acids is 1. The number of hydrogen-bond acceptors (Lipinski definition) is 2. The summed E-state index contributed by atoms with van der Waals surface area (Å²) in [6.45, 7) is 6.21. The molecule has 0 fully saturated rings. The van der Waals surface area contributed by atoms with E-state index >= 15 is 0 Å². The number of rotatable bonds is 2. The molecule has 0 saturated carbocycles. The smallest absolute Gasteiger partial charge is 0.174 e. The molecule has 0 aromatic carbocycles. The van der Waals surface area contributed by atoms with E-state index in [0.717, 1.165) is 13.8 Å². The summed E-state index contributed by atoms with van der Waals surface area (Å²) in [5.41, 5.74) is 0.0486. The molecule has 0 spiro atoms. The first kappa shape index (κ1) is 12.4. The van der Waals surface area contributed by atoms with E-state index < -0.39 is 0 Å². The van der Waals surface area contributed by atoms with Crippen molar-refractivity contribution in [3.8, 4) is 0 Å². The van der Waals surface area contributed by atoms with Gasteiger partial charge in [0.25, 0.3) is 0 Å². The lowest BCUT2D eigenvalue weighted by atomic mass is 9.90. The van der Waals surface area contributed by atoms with Gasteiger partial charge in [0.2, 0.25) is 0 Å². The second-order valence-corrected chi connectivity index (χ2v) is 6.91. The normalized spacial score (nSPS) is 11.8. The Labute approximate surface area is 105 Å². The lowest BCUT2D eigenvalue weighted by Gasteiger charge is -2.16. The van der Waals surface area contributed by atoms with Crippen LogP contribution >= 0.6 is 43.2 Å². The van der Waals surface area contributed by atoms with Crippen LogP contribution in [0.4, 0.5) is 0 Å². The molecule has 0 radical (unpaired) electrons. The number of halogens is 2. The number of Topliss-reactive ketones (excluding diaryl/α,β-unsaturated/α-hetero) is 1. The van der Waals surface area contributed by atoms with Gasteiger partial charge in [-0.25, -0.2) is 0 Å². The van der Waals surface area contributed by atoms with E-state index in [-0.39, 0.29) is 11.2 Å². The Morgan fingerprint density at radius 2 is 2.00 bits per heavy atom. The first-order valence-corrected chi connectivity index (χ1v) is 6.73. The molecule has 0 saturated heterocycles. The average molecular weight is 340 g/mol. The Bertz CT molecular complexity index is 349. The second kappa shape index (κ2) is 4.45. The summed E-state index contributed by atoms with van der Waals surface area (Å²) in [5, 5.41) is 1.93. The van der Waals surface area contributed by atoms with Crippen molar-refractivity contribution in [2.24, 2.45) is 5.41 Å². The summed E-state index contributed by atoms with van der Waals surface area (Å²) in [5.74, 6) is 0.208. The molecule has 1 aromatic rings. The lowest BCUT2D eigenvalue weighted by molar-refractivity contribution is 0.0943. The average Bonchev–Trinajstić information content (AvgIpc) is 2.29. The molecule has 1 aromatic heterocycles. The highest BCUT2D eigenvalue weighted by atomic mass is 79.9. The van der Waals surface area contributed by atoms with Crippen LogP contribution in [0.2, 0.25) is 0 Å². The van der Waals surface area contributed by atoms with E-state index in [1.165, 1.54) is 11.3 Å². The van der Waals surface area contributed by atoms with Gasteiger partial charge < -0.3 is 0 Å². The van der Waals surface area contributed by atoms with Crippen molar-refractivity contribution in [3.63, 3.8) is 0 Å². The fourth-order valence-corrected chi connectivity index (χ4v) is 3.21. The first-order valence-electron chi connectivity index (χ1n) is 4.27. The Morgan fingerprint density at radius 3 is 2.36 bits per heavy atom. The summed E-state index contributed by atoms with van der Waals surface area (Å²) < 4.78 is 1.84. The summed E-state index contributed by atoms with van der Waals surface area (Å²) in [4.78, 5) is 12.7. The molecular weight excluding hydrogens is 328 g/mol. The highest BCUT2D eigenvalue weighted by Gasteiger charge is 2.21. The van der Waals surface area contributed by atoms with Gasteiger partial charge in [-0.2, -0.15) is 0 Å². The molecule has 0 aliphatic carbocycles. The van der Waals surface area contributed by atoms with Crippen LogP contribution < -0.4 is 0 Å². The maximum atomic E-state index is 11.9. The third-order valence-electron chi connectivity index (χ3n) is 1.63. The van der Waals surface area contributed by atoms with Crippen LogP contribution in [0.15, 0.2) is 14.3 Å². The van der Waals surface area contributed by atoms with Gasteiger partial charge in [0, 0.05) is 16.3 Å². The quantitative estimate of drug-likeness (QED) is 0.701. The minimum absolute atomic E-state index is 0.0486. The van der Waals surface area contributed by atoms with Gasteiger partial charge in [0.05, 0.1) is 9.35 Å². The molecule has 0 aliphatic heterocycles. The maximum Gasteiger partial charge on any atom is 0.174 e. The number of ketones is 1.